The largest absolute Gasteiger partial charge is 0.392 e. The third-order valence-electron chi connectivity index (χ3n) is 4.25. The standard InChI is InChI=1S/C20H38O/c1-17(2)9-6-10-18(3)11-7-12-19(4)13-8-14-20(5)15-16-21/h15,17-18,21H,4,6-14,16H2,1-3,5H3. The van der Waals surface area contributed by atoms with E-state index in [0.717, 1.165) is 24.7 Å². The number of aliphatic hydroxyl groups is 1. The summed E-state index contributed by atoms with van der Waals surface area (Å²) in [6.07, 6.45) is 13.3. The lowest BCUT2D eigenvalue weighted by atomic mass is 9.94. The van der Waals surface area contributed by atoms with Gasteiger partial charge in [-0.05, 0) is 50.9 Å². The molecule has 1 N–H and O–H groups in total. The van der Waals surface area contributed by atoms with Crippen LogP contribution in [0.3, 0.4) is 0 Å². The predicted octanol–water partition coefficient (Wildman–Crippen LogP) is 6.28. The van der Waals surface area contributed by atoms with Gasteiger partial charge in [-0.3, -0.25) is 0 Å². The molecule has 0 heterocycles. The summed E-state index contributed by atoms with van der Waals surface area (Å²) in [5.41, 5.74) is 2.70. The molecular formula is C20H38O. The van der Waals surface area contributed by atoms with Crippen molar-refractivity contribution >= 4 is 0 Å². The molecule has 124 valence electrons. The van der Waals surface area contributed by atoms with E-state index in [0.29, 0.717) is 0 Å². The van der Waals surface area contributed by atoms with Gasteiger partial charge in [0.25, 0.3) is 0 Å². The molecule has 0 saturated heterocycles. The molecule has 21 heavy (non-hydrogen) atoms. The Kier molecular flexibility index (Phi) is 12.8. The van der Waals surface area contributed by atoms with Crippen LogP contribution in [-0.4, -0.2) is 11.7 Å². The molecule has 0 aromatic rings. The second kappa shape index (κ2) is 13.1. The maximum atomic E-state index is 8.81. The first-order valence-corrected chi connectivity index (χ1v) is 8.88. The van der Waals surface area contributed by atoms with Crippen molar-refractivity contribution in [3.63, 3.8) is 0 Å². The minimum atomic E-state index is 0.168. The van der Waals surface area contributed by atoms with Crippen molar-refractivity contribution in [1.29, 1.82) is 0 Å². The molecule has 0 aliphatic carbocycles. The maximum absolute atomic E-state index is 8.81. The summed E-state index contributed by atoms with van der Waals surface area (Å²) in [7, 11) is 0. The fraction of sp³-hybridized carbons (Fsp3) is 0.800. The summed E-state index contributed by atoms with van der Waals surface area (Å²) in [4.78, 5) is 0. The van der Waals surface area contributed by atoms with Gasteiger partial charge in [-0.1, -0.05) is 70.3 Å². The SMILES string of the molecule is C=C(CCCC(C)=CCO)CCCC(C)CCCC(C)C. The number of aliphatic hydroxyl groups excluding tert-OH is 1. The molecule has 0 radical (unpaired) electrons. The van der Waals surface area contributed by atoms with E-state index in [1.165, 1.54) is 56.1 Å². The maximum Gasteiger partial charge on any atom is 0.0614 e. The summed E-state index contributed by atoms with van der Waals surface area (Å²) in [6.45, 7) is 13.5. The van der Waals surface area contributed by atoms with Crippen molar-refractivity contribution < 1.29 is 5.11 Å². The smallest absolute Gasteiger partial charge is 0.0614 e. The number of hydrogen-bond acceptors (Lipinski definition) is 1. The molecule has 1 heteroatoms. The lowest BCUT2D eigenvalue weighted by molar-refractivity contribution is 0.341. The van der Waals surface area contributed by atoms with Crippen molar-refractivity contribution in [3.05, 3.63) is 23.8 Å². The van der Waals surface area contributed by atoms with E-state index in [9.17, 15) is 0 Å². The van der Waals surface area contributed by atoms with Crippen LogP contribution in [0.1, 0.15) is 85.5 Å². The molecule has 0 aliphatic heterocycles. The van der Waals surface area contributed by atoms with E-state index < -0.39 is 0 Å². The normalized spacial score (nSPS) is 13.7. The van der Waals surface area contributed by atoms with Crippen LogP contribution < -0.4 is 0 Å². The van der Waals surface area contributed by atoms with Crippen LogP contribution in [0, 0.1) is 11.8 Å². The lowest BCUT2D eigenvalue weighted by Gasteiger charge is -2.13. The summed E-state index contributed by atoms with van der Waals surface area (Å²) in [5.74, 6) is 1.71. The van der Waals surface area contributed by atoms with Gasteiger partial charge in [-0.25, -0.2) is 0 Å². The summed E-state index contributed by atoms with van der Waals surface area (Å²) < 4.78 is 0. The van der Waals surface area contributed by atoms with E-state index in [4.69, 9.17) is 5.11 Å². The van der Waals surface area contributed by atoms with E-state index in [1.54, 1.807) is 0 Å². The van der Waals surface area contributed by atoms with Crippen LogP contribution >= 0.6 is 0 Å². The van der Waals surface area contributed by atoms with Gasteiger partial charge in [0.15, 0.2) is 0 Å². The van der Waals surface area contributed by atoms with Crippen molar-refractivity contribution in [1.82, 2.24) is 0 Å². The van der Waals surface area contributed by atoms with Crippen molar-refractivity contribution in [2.24, 2.45) is 11.8 Å². The van der Waals surface area contributed by atoms with Crippen LogP contribution in [0.2, 0.25) is 0 Å². The molecule has 0 aromatic heterocycles. The zero-order valence-electron chi connectivity index (χ0n) is 15.0. The third kappa shape index (κ3) is 14.2. The molecule has 1 nitrogen and oxygen atoms in total. The van der Waals surface area contributed by atoms with Crippen LogP contribution in [0.4, 0.5) is 0 Å². The fourth-order valence-electron chi connectivity index (χ4n) is 2.72. The van der Waals surface area contributed by atoms with Crippen LogP contribution in [-0.2, 0) is 0 Å². The second-order valence-corrected chi connectivity index (χ2v) is 7.16. The van der Waals surface area contributed by atoms with Crippen molar-refractivity contribution in [2.45, 2.75) is 85.5 Å². The van der Waals surface area contributed by atoms with Crippen molar-refractivity contribution in [3.8, 4) is 0 Å². The fourth-order valence-corrected chi connectivity index (χ4v) is 2.72. The zero-order chi connectivity index (χ0) is 16.1. The molecule has 0 saturated carbocycles. The molecule has 1 unspecified atom stereocenters. The topological polar surface area (TPSA) is 20.2 Å². The molecule has 0 amide bonds. The van der Waals surface area contributed by atoms with Crippen molar-refractivity contribution in [2.75, 3.05) is 6.61 Å². The van der Waals surface area contributed by atoms with Gasteiger partial charge in [-0.2, -0.15) is 0 Å². The molecule has 0 fully saturated rings. The van der Waals surface area contributed by atoms with Crippen LogP contribution in [0.25, 0.3) is 0 Å². The average Bonchev–Trinajstić information content (AvgIpc) is 2.38. The minimum Gasteiger partial charge on any atom is -0.392 e. The Balaban J connectivity index is 3.54. The van der Waals surface area contributed by atoms with Gasteiger partial charge >= 0.3 is 0 Å². The Bertz CT molecular complexity index is 288. The quantitative estimate of drug-likeness (QED) is 0.396. The molecule has 0 aromatic carbocycles. The minimum absolute atomic E-state index is 0.168. The number of rotatable bonds is 13. The molecule has 1 atom stereocenters. The zero-order valence-corrected chi connectivity index (χ0v) is 15.0. The first kappa shape index (κ1) is 20.4. The third-order valence-corrected chi connectivity index (χ3v) is 4.25. The molecule has 0 spiro atoms. The van der Waals surface area contributed by atoms with Crippen LogP contribution in [0.15, 0.2) is 23.8 Å². The van der Waals surface area contributed by atoms with Gasteiger partial charge in [0.1, 0.15) is 0 Å². The van der Waals surface area contributed by atoms with E-state index in [-0.39, 0.29) is 6.61 Å². The summed E-state index contributed by atoms with van der Waals surface area (Å²) >= 11 is 0. The first-order valence-electron chi connectivity index (χ1n) is 8.88. The Morgan fingerprint density at radius 1 is 0.952 bits per heavy atom. The van der Waals surface area contributed by atoms with E-state index >= 15 is 0 Å². The van der Waals surface area contributed by atoms with E-state index in [1.807, 2.05) is 6.08 Å². The van der Waals surface area contributed by atoms with Gasteiger partial charge in [0, 0.05) is 0 Å². The van der Waals surface area contributed by atoms with Gasteiger partial charge in [0.05, 0.1) is 6.61 Å². The molecule has 0 aliphatic rings. The molecule has 0 bridgehead atoms. The van der Waals surface area contributed by atoms with Crippen LogP contribution in [0.5, 0.6) is 0 Å². The highest BCUT2D eigenvalue weighted by Crippen LogP contribution is 2.20. The Morgan fingerprint density at radius 2 is 1.57 bits per heavy atom. The lowest BCUT2D eigenvalue weighted by Crippen LogP contribution is -1.97. The molecule has 0 rings (SSSR count). The highest BCUT2D eigenvalue weighted by molar-refractivity contribution is 5.00. The van der Waals surface area contributed by atoms with E-state index in [2.05, 4.69) is 34.3 Å². The Morgan fingerprint density at radius 3 is 2.19 bits per heavy atom. The highest BCUT2D eigenvalue weighted by atomic mass is 16.2. The highest BCUT2D eigenvalue weighted by Gasteiger charge is 2.04. The Labute approximate surface area is 133 Å². The van der Waals surface area contributed by atoms with Gasteiger partial charge in [0.2, 0.25) is 0 Å². The monoisotopic (exact) mass is 294 g/mol. The second-order valence-electron chi connectivity index (χ2n) is 7.16. The summed E-state index contributed by atoms with van der Waals surface area (Å²) in [6, 6.07) is 0. The summed E-state index contributed by atoms with van der Waals surface area (Å²) in [5, 5.41) is 8.81. The Hall–Kier alpha value is -0.560. The predicted molar refractivity (Wildman–Crippen MR) is 95.5 cm³/mol. The average molecular weight is 295 g/mol. The first-order chi connectivity index (χ1) is 9.95. The number of hydrogen-bond donors (Lipinski definition) is 1. The van der Waals surface area contributed by atoms with Gasteiger partial charge < -0.3 is 5.11 Å². The molecular weight excluding hydrogens is 256 g/mol. The van der Waals surface area contributed by atoms with Gasteiger partial charge in [-0.15, -0.1) is 0 Å². The number of allylic oxidation sites excluding steroid dienone is 2.